The second-order valence-corrected chi connectivity index (χ2v) is 5.61. The highest BCUT2D eigenvalue weighted by Crippen LogP contribution is 2.27. The molecule has 2 aliphatic heterocycles. The Bertz CT molecular complexity index is 383. The number of hydrogen-bond donors (Lipinski definition) is 8. The molecule has 0 unspecified atom stereocenters. The Morgan fingerprint density at radius 1 is 0.783 bits per heavy atom. The standard InChI is InChI=1S/C12H23NO10/c13-5-7(17)10(4(2-15)21-11(5)20)23-12-9(19)8(18)6(16)3(1-14)22-12/h3-12,14-20H,1-2,13H2/t3-,4+,5+,6-,7+,8+,9-,10+,11-,12+/m0/s1. The maximum atomic E-state index is 10.1. The normalized spacial score (nSPS) is 51.7. The van der Waals surface area contributed by atoms with Crippen molar-refractivity contribution in [3.8, 4) is 0 Å². The lowest BCUT2D eigenvalue weighted by Gasteiger charge is -2.45. The monoisotopic (exact) mass is 341 g/mol. The van der Waals surface area contributed by atoms with Crippen molar-refractivity contribution in [3.63, 3.8) is 0 Å². The summed E-state index contributed by atoms with van der Waals surface area (Å²) < 4.78 is 15.5. The van der Waals surface area contributed by atoms with E-state index < -0.39 is 74.6 Å². The van der Waals surface area contributed by atoms with E-state index in [9.17, 15) is 30.6 Å². The van der Waals surface area contributed by atoms with Crippen molar-refractivity contribution in [2.24, 2.45) is 5.73 Å². The maximum absolute atomic E-state index is 10.1. The van der Waals surface area contributed by atoms with Gasteiger partial charge in [0.2, 0.25) is 0 Å². The molecule has 2 saturated heterocycles. The van der Waals surface area contributed by atoms with Crippen LogP contribution in [0, 0.1) is 0 Å². The molecule has 0 amide bonds. The van der Waals surface area contributed by atoms with E-state index in [0.717, 1.165) is 0 Å². The third-order valence-corrected chi connectivity index (χ3v) is 4.06. The SMILES string of the molecule is N[C@@H]1[C@@H](O)[C@H](O[C@H]2O[C@@H](CO)[C@H](O)[C@@H](O)[C@@H]2O)[C@@H](CO)O[C@@H]1O. The van der Waals surface area contributed by atoms with Gasteiger partial charge in [-0.05, 0) is 0 Å². The van der Waals surface area contributed by atoms with Crippen molar-refractivity contribution >= 4 is 0 Å². The second kappa shape index (κ2) is 7.63. The molecule has 0 aromatic heterocycles. The lowest BCUT2D eigenvalue weighted by molar-refractivity contribution is -0.344. The minimum absolute atomic E-state index is 0.622. The molecule has 2 aliphatic rings. The van der Waals surface area contributed by atoms with E-state index >= 15 is 0 Å². The van der Waals surface area contributed by atoms with E-state index in [1.807, 2.05) is 0 Å². The Labute approximate surface area is 131 Å². The number of hydrogen-bond acceptors (Lipinski definition) is 11. The molecule has 136 valence electrons. The van der Waals surface area contributed by atoms with E-state index in [2.05, 4.69) is 0 Å². The molecule has 2 heterocycles. The fourth-order valence-corrected chi connectivity index (χ4v) is 2.60. The molecule has 0 aliphatic carbocycles. The first-order valence-corrected chi connectivity index (χ1v) is 7.15. The Hall–Kier alpha value is -0.440. The molecule has 11 heteroatoms. The quantitative estimate of drug-likeness (QED) is 0.243. The van der Waals surface area contributed by atoms with E-state index in [1.54, 1.807) is 0 Å². The van der Waals surface area contributed by atoms with Crippen molar-refractivity contribution in [2.45, 2.75) is 61.3 Å². The van der Waals surface area contributed by atoms with Crippen LogP contribution in [0.1, 0.15) is 0 Å². The van der Waals surface area contributed by atoms with Crippen LogP contribution in [-0.2, 0) is 14.2 Å². The van der Waals surface area contributed by atoms with Crippen LogP contribution in [0.2, 0.25) is 0 Å². The van der Waals surface area contributed by atoms with E-state index in [0.29, 0.717) is 0 Å². The molecular formula is C12H23NO10. The van der Waals surface area contributed by atoms with Crippen LogP contribution in [0.5, 0.6) is 0 Å². The van der Waals surface area contributed by atoms with E-state index in [-0.39, 0.29) is 0 Å². The van der Waals surface area contributed by atoms with Gasteiger partial charge in [-0.1, -0.05) is 0 Å². The van der Waals surface area contributed by atoms with Crippen LogP contribution in [-0.4, -0.2) is 110 Å². The topological polar surface area (TPSA) is 195 Å². The van der Waals surface area contributed by atoms with Gasteiger partial charge in [0.15, 0.2) is 12.6 Å². The van der Waals surface area contributed by atoms with Gasteiger partial charge < -0.3 is 55.7 Å². The summed E-state index contributed by atoms with van der Waals surface area (Å²) in [5.74, 6) is 0. The first-order valence-electron chi connectivity index (χ1n) is 7.15. The molecule has 10 atom stereocenters. The van der Waals surface area contributed by atoms with Gasteiger partial charge in [0.1, 0.15) is 42.7 Å². The van der Waals surface area contributed by atoms with Crippen molar-refractivity contribution in [1.29, 1.82) is 0 Å². The smallest absolute Gasteiger partial charge is 0.187 e. The molecule has 23 heavy (non-hydrogen) atoms. The molecule has 0 aromatic carbocycles. The van der Waals surface area contributed by atoms with Gasteiger partial charge in [0, 0.05) is 0 Å². The van der Waals surface area contributed by atoms with Gasteiger partial charge in [0.25, 0.3) is 0 Å². The second-order valence-electron chi connectivity index (χ2n) is 5.61. The minimum Gasteiger partial charge on any atom is -0.394 e. The highest BCUT2D eigenvalue weighted by Gasteiger charge is 2.49. The molecular weight excluding hydrogens is 318 g/mol. The van der Waals surface area contributed by atoms with Gasteiger partial charge in [-0.2, -0.15) is 0 Å². The molecule has 0 saturated carbocycles. The number of nitrogens with two attached hydrogens (primary N) is 1. The predicted molar refractivity (Wildman–Crippen MR) is 70.6 cm³/mol. The minimum atomic E-state index is -1.68. The molecule has 11 nitrogen and oxygen atoms in total. The molecule has 2 fully saturated rings. The summed E-state index contributed by atoms with van der Waals surface area (Å²) in [6.07, 6.45) is -13.0. The average Bonchev–Trinajstić information content (AvgIpc) is 2.55. The molecule has 9 N–H and O–H groups in total. The molecule has 0 radical (unpaired) electrons. The van der Waals surface area contributed by atoms with Crippen LogP contribution >= 0.6 is 0 Å². The summed E-state index contributed by atoms with van der Waals surface area (Å²) in [5.41, 5.74) is 5.55. The zero-order valence-corrected chi connectivity index (χ0v) is 12.1. The van der Waals surface area contributed by atoms with Crippen LogP contribution < -0.4 is 5.73 Å². The Balaban J connectivity index is 2.11. The van der Waals surface area contributed by atoms with Crippen LogP contribution in [0.3, 0.4) is 0 Å². The maximum Gasteiger partial charge on any atom is 0.187 e. The van der Waals surface area contributed by atoms with Crippen LogP contribution in [0.4, 0.5) is 0 Å². The first-order chi connectivity index (χ1) is 10.8. The van der Waals surface area contributed by atoms with E-state index in [1.165, 1.54) is 0 Å². The largest absolute Gasteiger partial charge is 0.394 e. The highest BCUT2D eigenvalue weighted by atomic mass is 16.7. The lowest BCUT2D eigenvalue weighted by atomic mass is 9.96. The third-order valence-electron chi connectivity index (χ3n) is 4.06. The Kier molecular flexibility index (Phi) is 6.27. The van der Waals surface area contributed by atoms with Crippen molar-refractivity contribution < 1.29 is 50.0 Å². The zero-order chi connectivity index (χ0) is 17.3. The zero-order valence-electron chi connectivity index (χ0n) is 12.1. The van der Waals surface area contributed by atoms with Gasteiger partial charge in [0.05, 0.1) is 19.3 Å². The van der Waals surface area contributed by atoms with Crippen molar-refractivity contribution in [1.82, 2.24) is 0 Å². The molecule has 0 spiro atoms. The van der Waals surface area contributed by atoms with Gasteiger partial charge in [-0.3, -0.25) is 0 Å². The Morgan fingerprint density at radius 2 is 1.39 bits per heavy atom. The average molecular weight is 341 g/mol. The summed E-state index contributed by atoms with van der Waals surface area (Å²) in [6.45, 7) is -1.26. The molecule has 2 rings (SSSR count). The van der Waals surface area contributed by atoms with Crippen molar-refractivity contribution in [2.75, 3.05) is 13.2 Å². The number of aliphatic hydroxyl groups excluding tert-OH is 7. The number of rotatable bonds is 4. The van der Waals surface area contributed by atoms with Gasteiger partial charge >= 0.3 is 0 Å². The predicted octanol–water partition coefficient (Wildman–Crippen LogP) is -5.43. The number of aliphatic hydroxyl groups is 7. The van der Waals surface area contributed by atoms with Crippen LogP contribution in [0.25, 0.3) is 0 Å². The van der Waals surface area contributed by atoms with Crippen molar-refractivity contribution in [3.05, 3.63) is 0 Å². The summed E-state index contributed by atoms with van der Waals surface area (Å²) in [6, 6.07) is -1.23. The van der Waals surface area contributed by atoms with Crippen LogP contribution in [0.15, 0.2) is 0 Å². The highest BCUT2D eigenvalue weighted by molar-refractivity contribution is 4.94. The Morgan fingerprint density at radius 3 is 1.96 bits per heavy atom. The summed E-state index contributed by atoms with van der Waals surface area (Å²) in [7, 11) is 0. The fraction of sp³-hybridized carbons (Fsp3) is 1.00. The molecule has 0 aromatic rings. The first kappa shape index (κ1) is 18.9. The number of ether oxygens (including phenoxy) is 3. The van der Waals surface area contributed by atoms with Gasteiger partial charge in [-0.15, -0.1) is 0 Å². The summed E-state index contributed by atoms with van der Waals surface area (Å²) >= 11 is 0. The summed E-state index contributed by atoms with van der Waals surface area (Å²) in [4.78, 5) is 0. The summed E-state index contributed by atoms with van der Waals surface area (Å²) in [5, 5.41) is 67.3. The third kappa shape index (κ3) is 3.65. The lowest BCUT2D eigenvalue weighted by Crippen LogP contribution is -2.66. The van der Waals surface area contributed by atoms with E-state index in [4.69, 9.17) is 25.1 Å². The molecule has 0 bridgehead atoms. The fourth-order valence-electron chi connectivity index (χ4n) is 2.60. The van der Waals surface area contributed by atoms with Gasteiger partial charge in [-0.25, -0.2) is 0 Å².